The van der Waals surface area contributed by atoms with Crippen LogP contribution in [-0.4, -0.2) is 18.5 Å². The fourth-order valence-electron chi connectivity index (χ4n) is 3.73. The topological polar surface area (TPSA) is 55.4 Å². The first-order chi connectivity index (χ1) is 12.4. The van der Waals surface area contributed by atoms with Crippen LogP contribution in [0.1, 0.15) is 56.4 Å². The van der Waals surface area contributed by atoms with E-state index in [1.54, 1.807) is 6.92 Å². The Morgan fingerprint density at radius 2 is 1.85 bits per heavy atom. The van der Waals surface area contributed by atoms with E-state index >= 15 is 0 Å². The van der Waals surface area contributed by atoms with Crippen LogP contribution < -0.4 is 5.32 Å². The molecule has 0 radical (unpaired) electrons. The van der Waals surface area contributed by atoms with Crippen LogP contribution in [0.3, 0.4) is 0 Å². The van der Waals surface area contributed by atoms with Gasteiger partial charge in [-0.2, -0.15) is 0 Å². The third kappa shape index (κ3) is 3.68. The number of carbonyl (C=O) groups is 2. The minimum absolute atomic E-state index is 0.0921. The Labute approximate surface area is 158 Å². The molecule has 0 atom stereocenters. The fourth-order valence-corrected chi connectivity index (χ4v) is 5.03. The number of amides is 1. The number of thiophene rings is 1. The Bertz CT molecular complexity index is 843. The number of fused-ring (bicyclic) bond motifs is 1. The second-order valence-corrected chi connectivity index (χ2v) is 7.99. The summed E-state index contributed by atoms with van der Waals surface area (Å²) in [5, 5.41) is 3.61. The first-order valence-corrected chi connectivity index (χ1v) is 9.90. The highest BCUT2D eigenvalue weighted by Crippen LogP contribution is 2.39. The molecule has 0 saturated carbocycles. The van der Waals surface area contributed by atoms with Gasteiger partial charge in [-0.15, -0.1) is 11.3 Å². The van der Waals surface area contributed by atoms with Crippen molar-refractivity contribution in [2.75, 3.05) is 11.9 Å². The van der Waals surface area contributed by atoms with Gasteiger partial charge in [-0.1, -0.05) is 17.7 Å². The lowest BCUT2D eigenvalue weighted by molar-refractivity contribution is -0.115. The maximum absolute atomic E-state index is 12.7. The van der Waals surface area contributed by atoms with Crippen molar-refractivity contribution in [2.24, 2.45) is 0 Å². The Hall–Kier alpha value is -2.14. The lowest BCUT2D eigenvalue weighted by Crippen LogP contribution is -2.18. The third-order valence-corrected chi connectivity index (χ3v) is 6.04. The van der Waals surface area contributed by atoms with E-state index in [1.807, 2.05) is 13.8 Å². The second kappa shape index (κ2) is 7.62. The van der Waals surface area contributed by atoms with Crippen molar-refractivity contribution < 1.29 is 14.3 Å². The van der Waals surface area contributed by atoms with Crippen molar-refractivity contribution in [2.45, 2.75) is 53.4 Å². The largest absolute Gasteiger partial charge is 0.462 e. The smallest absolute Gasteiger partial charge is 0.341 e. The van der Waals surface area contributed by atoms with E-state index in [-0.39, 0.29) is 11.9 Å². The summed E-state index contributed by atoms with van der Waals surface area (Å²) in [6, 6.07) is 4.19. The predicted molar refractivity (Wildman–Crippen MR) is 105 cm³/mol. The van der Waals surface area contributed by atoms with E-state index in [9.17, 15) is 9.59 Å². The molecule has 5 heteroatoms. The van der Waals surface area contributed by atoms with Crippen LogP contribution in [-0.2, 0) is 28.8 Å². The Kier molecular flexibility index (Phi) is 5.47. The Balaban J connectivity index is 1.83. The second-order valence-electron chi connectivity index (χ2n) is 6.88. The maximum atomic E-state index is 12.7. The van der Waals surface area contributed by atoms with Gasteiger partial charge in [-0.3, -0.25) is 4.79 Å². The summed E-state index contributed by atoms with van der Waals surface area (Å²) in [6.07, 6.45) is 3.22. The summed E-state index contributed by atoms with van der Waals surface area (Å²) >= 11 is 1.52. The lowest BCUT2D eigenvalue weighted by atomic mass is 9.97. The number of esters is 1. The zero-order valence-electron chi connectivity index (χ0n) is 15.8. The Morgan fingerprint density at radius 1 is 1.15 bits per heavy atom. The third-order valence-electron chi connectivity index (χ3n) is 4.83. The van der Waals surface area contributed by atoms with E-state index in [2.05, 4.69) is 24.4 Å². The van der Waals surface area contributed by atoms with Crippen molar-refractivity contribution in [3.05, 3.63) is 50.4 Å². The van der Waals surface area contributed by atoms with E-state index < -0.39 is 0 Å². The summed E-state index contributed by atoms with van der Waals surface area (Å²) in [5.41, 5.74) is 6.12. The van der Waals surface area contributed by atoms with Gasteiger partial charge in [-0.05, 0) is 69.2 Å². The van der Waals surface area contributed by atoms with E-state index in [4.69, 9.17) is 4.74 Å². The number of hydrogen-bond acceptors (Lipinski definition) is 4. The molecular weight excluding hydrogens is 346 g/mol. The molecule has 1 aromatic carbocycles. The molecule has 2 aromatic rings. The van der Waals surface area contributed by atoms with Crippen LogP contribution in [0.15, 0.2) is 12.1 Å². The molecule has 3 rings (SSSR count). The number of nitrogens with one attached hydrogen (secondary N) is 1. The van der Waals surface area contributed by atoms with Crippen molar-refractivity contribution in [3.8, 4) is 0 Å². The van der Waals surface area contributed by atoms with Crippen molar-refractivity contribution in [3.63, 3.8) is 0 Å². The molecule has 4 nitrogen and oxygen atoms in total. The normalized spacial score (nSPS) is 12.8. The molecule has 1 aliphatic carbocycles. The zero-order valence-corrected chi connectivity index (χ0v) is 16.6. The molecule has 1 aliphatic rings. The first kappa shape index (κ1) is 18.6. The minimum Gasteiger partial charge on any atom is -0.462 e. The molecule has 1 aromatic heterocycles. The Morgan fingerprint density at radius 3 is 2.50 bits per heavy atom. The average Bonchev–Trinajstić information content (AvgIpc) is 3.11. The van der Waals surface area contributed by atoms with Gasteiger partial charge in [0.05, 0.1) is 18.6 Å². The SMILES string of the molecule is CCOC(=O)c1c(NC(=O)Cc2c(C)cc(C)cc2C)sc2c1CCC2. The molecule has 138 valence electrons. The van der Waals surface area contributed by atoms with Crippen molar-refractivity contribution in [1.82, 2.24) is 0 Å². The summed E-state index contributed by atoms with van der Waals surface area (Å²) < 4.78 is 5.22. The maximum Gasteiger partial charge on any atom is 0.341 e. The van der Waals surface area contributed by atoms with Gasteiger partial charge < -0.3 is 10.1 Å². The number of aryl methyl sites for hydroxylation is 4. The van der Waals surface area contributed by atoms with Crippen LogP contribution in [0, 0.1) is 20.8 Å². The molecule has 1 amide bonds. The van der Waals surface area contributed by atoms with Crippen LogP contribution in [0.4, 0.5) is 5.00 Å². The molecule has 0 spiro atoms. The standard InChI is InChI=1S/C21H25NO3S/c1-5-25-21(24)19-15-7-6-8-17(15)26-20(19)22-18(23)11-16-13(3)9-12(2)10-14(16)4/h9-10H,5-8,11H2,1-4H3,(H,22,23). The zero-order chi connectivity index (χ0) is 18.8. The van der Waals surface area contributed by atoms with Crippen LogP contribution in [0.2, 0.25) is 0 Å². The van der Waals surface area contributed by atoms with Crippen molar-refractivity contribution in [1.29, 1.82) is 0 Å². The van der Waals surface area contributed by atoms with Gasteiger partial charge >= 0.3 is 5.97 Å². The predicted octanol–water partition coefficient (Wildman–Crippen LogP) is 4.52. The van der Waals surface area contributed by atoms with Gasteiger partial charge in [0, 0.05) is 4.88 Å². The number of anilines is 1. The highest BCUT2D eigenvalue weighted by atomic mass is 32.1. The monoisotopic (exact) mass is 371 g/mol. The number of ether oxygens (including phenoxy) is 1. The van der Waals surface area contributed by atoms with Crippen molar-refractivity contribution >= 4 is 28.2 Å². The molecule has 1 N–H and O–H groups in total. The highest BCUT2D eigenvalue weighted by Gasteiger charge is 2.28. The van der Waals surface area contributed by atoms with Gasteiger partial charge in [0.25, 0.3) is 0 Å². The molecule has 26 heavy (non-hydrogen) atoms. The molecule has 0 aliphatic heterocycles. The van der Waals surface area contributed by atoms with Crippen LogP contribution in [0.25, 0.3) is 0 Å². The van der Waals surface area contributed by atoms with Gasteiger partial charge in [-0.25, -0.2) is 4.79 Å². The lowest BCUT2D eigenvalue weighted by Gasteiger charge is -2.12. The average molecular weight is 372 g/mol. The number of hydrogen-bond donors (Lipinski definition) is 1. The summed E-state index contributed by atoms with van der Waals surface area (Å²) in [6.45, 7) is 8.26. The molecule has 0 fully saturated rings. The molecule has 0 bridgehead atoms. The molecule has 0 saturated heterocycles. The number of benzene rings is 1. The fraction of sp³-hybridized carbons (Fsp3) is 0.429. The van der Waals surface area contributed by atoms with Gasteiger partial charge in [0.2, 0.25) is 5.91 Å². The summed E-state index contributed by atoms with van der Waals surface area (Å²) in [7, 11) is 0. The van der Waals surface area contributed by atoms with E-state index in [0.717, 1.165) is 41.5 Å². The molecule has 0 unspecified atom stereocenters. The summed E-state index contributed by atoms with van der Waals surface area (Å²) in [5.74, 6) is -0.421. The van der Waals surface area contributed by atoms with Crippen LogP contribution in [0.5, 0.6) is 0 Å². The summed E-state index contributed by atoms with van der Waals surface area (Å²) in [4.78, 5) is 26.3. The minimum atomic E-state index is -0.329. The molecular formula is C21H25NO3S. The molecule has 1 heterocycles. The quantitative estimate of drug-likeness (QED) is 0.786. The van der Waals surface area contributed by atoms with E-state index in [0.29, 0.717) is 23.6 Å². The van der Waals surface area contributed by atoms with E-state index in [1.165, 1.54) is 21.8 Å². The van der Waals surface area contributed by atoms with Gasteiger partial charge in [0.15, 0.2) is 0 Å². The van der Waals surface area contributed by atoms with Crippen LogP contribution >= 0.6 is 11.3 Å². The number of carbonyl (C=O) groups excluding carboxylic acids is 2. The highest BCUT2D eigenvalue weighted by molar-refractivity contribution is 7.17. The first-order valence-electron chi connectivity index (χ1n) is 9.09. The van der Waals surface area contributed by atoms with Gasteiger partial charge in [0.1, 0.15) is 5.00 Å². The number of rotatable bonds is 5.